The Bertz CT molecular complexity index is 519. The fraction of sp³-hybridized carbons (Fsp3) is 0.333. The van der Waals surface area contributed by atoms with Gasteiger partial charge in [0.15, 0.2) is 0 Å². The van der Waals surface area contributed by atoms with Crippen LogP contribution in [0, 0.1) is 5.92 Å². The van der Waals surface area contributed by atoms with Crippen molar-refractivity contribution in [3.63, 3.8) is 0 Å². The minimum Gasteiger partial charge on any atom is -0.382 e. The Morgan fingerprint density at radius 2 is 1.59 bits per heavy atom. The van der Waals surface area contributed by atoms with Gasteiger partial charge < -0.3 is 5.32 Å². The second-order valence-corrected chi connectivity index (χ2v) is 5.80. The van der Waals surface area contributed by atoms with E-state index in [0.29, 0.717) is 12.0 Å². The third-order valence-corrected chi connectivity index (χ3v) is 3.69. The highest BCUT2D eigenvalue weighted by molar-refractivity contribution is 9.10. The zero-order valence-corrected chi connectivity index (χ0v) is 12.1. The Kier molecular flexibility index (Phi) is 3.72. The number of rotatable bonds is 3. The first-order valence-electron chi connectivity index (χ1n) is 6.02. The van der Waals surface area contributed by atoms with Crippen LogP contribution in [0.25, 0.3) is 10.8 Å². The summed E-state index contributed by atoms with van der Waals surface area (Å²) < 4.78 is 1.13. The van der Waals surface area contributed by atoms with Crippen molar-refractivity contribution >= 4 is 32.4 Å². The van der Waals surface area contributed by atoms with Crippen LogP contribution in [0.3, 0.4) is 0 Å². The van der Waals surface area contributed by atoms with Crippen LogP contribution in [0.1, 0.15) is 20.8 Å². The van der Waals surface area contributed by atoms with Crippen LogP contribution >= 0.6 is 15.9 Å². The van der Waals surface area contributed by atoms with E-state index < -0.39 is 0 Å². The predicted octanol–water partition coefficient (Wildman–Crippen LogP) is 5.06. The number of halogens is 1. The lowest BCUT2D eigenvalue weighted by Crippen LogP contribution is -2.21. The smallest absolute Gasteiger partial charge is 0.0348 e. The minimum absolute atomic E-state index is 0.489. The van der Waals surface area contributed by atoms with Gasteiger partial charge in [-0.1, -0.05) is 41.9 Å². The summed E-state index contributed by atoms with van der Waals surface area (Å²) in [6.45, 7) is 6.68. The molecule has 1 N–H and O–H groups in total. The summed E-state index contributed by atoms with van der Waals surface area (Å²) in [5, 5.41) is 6.07. The molecular formula is C15H18BrN. The molecule has 2 aromatic carbocycles. The molecule has 0 aromatic heterocycles. The highest BCUT2D eigenvalue weighted by Gasteiger charge is 2.06. The van der Waals surface area contributed by atoms with Gasteiger partial charge in [-0.05, 0) is 47.9 Å². The number of hydrogen-bond donors (Lipinski definition) is 1. The van der Waals surface area contributed by atoms with Crippen LogP contribution < -0.4 is 5.32 Å². The molecule has 0 bridgehead atoms. The van der Waals surface area contributed by atoms with Crippen LogP contribution in [-0.4, -0.2) is 6.04 Å². The van der Waals surface area contributed by atoms with Crippen molar-refractivity contribution in [2.45, 2.75) is 26.8 Å². The molecule has 0 saturated heterocycles. The largest absolute Gasteiger partial charge is 0.382 e. The molecule has 1 nitrogen and oxygen atoms in total. The average Bonchev–Trinajstić information content (AvgIpc) is 2.29. The maximum Gasteiger partial charge on any atom is 0.0348 e. The van der Waals surface area contributed by atoms with Gasteiger partial charge in [0.05, 0.1) is 0 Å². The summed E-state index contributed by atoms with van der Waals surface area (Å²) >= 11 is 3.49. The lowest BCUT2D eigenvalue weighted by Gasteiger charge is -2.19. The number of hydrogen-bond acceptors (Lipinski definition) is 1. The molecule has 17 heavy (non-hydrogen) atoms. The topological polar surface area (TPSA) is 12.0 Å². The van der Waals surface area contributed by atoms with E-state index in [2.05, 4.69) is 78.4 Å². The SMILES string of the molecule is CC(C)C(C)Nc1ccc2cc(Br)ccc2c1. The maximum atomic E-state index is 3.54. The molecule has 2 aromatic rings. The molecule has 2 heteroatoms. The highest BCUT2D eigenvalue weighted by atomic mass is 79.9. The zero-order valence-electron chi connectivity index (χ0n) is 10.5. The third-order valence-electron chi connectivity index (χ3n) is 3.20. The summed E-state index contributed by atoms with van der Waals surface area (Å²) in [5.41, 5.74) is 1.20. The van der Waals surface area contributed by atoms with Crippen LogP contribution in [0.15, 0.2) is 40.9 Å². The molecule has 0 fully saturated rings. The summed E-state index contributed by atoms with van der Waals surface area (Å²) in [5.74, 6) is 0.635. The lowest BCUT2D eigenvalue weighted by atomic mass is 10.1. The van der Waals surface area contributed by atoms with E-state index >= 15 is 0 Å². The number of nitrogens with one attached hydrogen (secondary N) is 1. The Labute approximate surface area is 111 Å². The van der Waals surface area contributed by atoms with E-state index in [0.717, 1.165) is 4.47 Å². The standard InChI is InChI=1S/C15H18BrN/c1-10(2)11(3)17-15-7-5-12-8-14(16)6-4-13(12)9-15/h4-11,17H,1-3H3. The molecule has 0 spiro atoms. The van der Waals surface area contributed by atoms with Gasteiger partial charge in [-0.15, -0.1) is 0 Å². The average molecular weight is 292 g/mol. The maximum absolute atomic E-state index is 3.54. The molecule has 90 valence electrons. The van der Waals surface area contributed by atoms with Gasteiger partial charge in [-0.2, -0.15) is 0 Å². The summed E-state index contributed by atoms with van der Waals surface area (Å²) in [7, 11) is 0. The van der Waals surface area contributed by atoms with Crippen LogP contribution in [0.5, 0.6) is 0 Å². The molecule has 0 amide bonds. The first-order chi connectivity index (χ1) is 8.06. The Hall–Kier alpha value is -1.02. The number of benzene rings is 2. The Morgan fingerprint density at radius 3 is 2.29 bits per heavy atom. The molecule has 1 unspecified atom stereocenters. The molecule has 1 atom stereocenters. The van der Waals surface area contributed by atoms with E-state index in [-0.39, 0.29) is 0 Å². The van der Waals surface area contributed by atoms with E-state index in [1.165, 1.54) is 16.5 Å². The molecule has 0 heterocycles. The number of fused-ring (bicyclic) bond motifs is 1. The van der Waals surface area contributed by atoms with Gasteiger partial charge in [-0.3, -0.25) is 0 Å². The van der Waals surface area contributed by atoms with E-state index in [4.69, 9.17) is 0 Å². The fourth-order valence-corrected chi connectivity index (χ4v) is 2.11. The van der Waals surface area contributed by atoms with E-state index in [1.54, 1.807) is 0 Å². The van der Waals surface area contributed by atoms with Crippen LogP contribution in [-0.2, 0) is 0 Å². The van der Waals surface area contributed by atoms with Crippen molar-refractivity contribution in [1.82, 2.24) is 0 Å². The minimum atomic E-state index is 0.489. The van der Waals surface area contributed by atoms with Gasteiger partial charge in [-0.25, -0.2) is 0 Å². The van der Waals surface area contributed by atoms with Crippen molar-refractivity contribution < 1.29 is 0 Å². The van der Waals surface area contributed by atoms with Gasteiger partial charge in [0.25, 0.3) is 0 Å². The van der Waals surface area contributed by atoms with Gasteiger partial charge >= 0.3 is 0 Å². The normalized spacial score (nSPS) is 13.0. The second kappa shape index (κ2) is 5.09. The third kappa shape index (κ3) is 3.01. The Morgan fingerprint density at radius 1 is 0.941 bits per heavy atom. The molecular weight excluding hydrogens is 274 g/mol. The van der Waals surface area contributed by atoms with Crippen molar-refractivity contribution in [2.24, 2.45) is 5.92 Å². The van der Waals surface area contributed by atoms with Crippen LogP contribution in [0.2, 0.25) is 0 Å². The van der Waals surface area contributed by atoms with Crippen molar-refractivity contribution in [1.29, 1.82) is 0 Å². The zero-order chi connectivity index (χ0) is 12.4. The van der Waals surface area contributed by atoms with Crippen molar-refractivity contribution in [2.75, 3.05) is 5.32 Å². The van der Waals surface area contributed by atoms with Gasteiger partial charge in [0.2, 0.25) is 0 Å². The van der Waals surface area contributed by atoms with Crippen molar-refractivity contribution in [3.05, 3.63) is 40.9 Å². The van der Waals surface area contributed by atoms with Gasteiger partial charge in [0, 0.05) is 16.2 Å². The molecule has 0 radical (unpaired) electrons. The summed E-state index contributed by atoms with van der Waals surface area (Å²) in [6, 6.07) is 13.4. The summed E-state index contributed by atoms with van der Waals surface area (Å²) in [4.78, 5) is 0. The summed E-state index contributed by atoms with van der Waals surface area (Å²) in [6.07, 6.45) is 0. The van der Waals surface area contributed by atoms with E-state index in [1.807, 2.05) is 0 Å². The highest BCUT2D eigenvalue weighted by Crippen LogP contribution is 2.23. The van der Waals surface area contributed by atoms with E-state index in [9.17, 15) is 0 Å². The first-order valence-corrected chi connectivity index (χ1v) is 6.81. The molecule has 0 aliphatic rings. The molecule has 0 aliphatic carbocycles. The first kappa shape index (κ1) is 12.4. The predicted molar refractivity (Wildman–Crippen MR) is 79.6 cm³/mol. The Balaban J connectivity index is 2.29. The molecule has 0 aliphatic heterocycles. The fourth-order valence-electron chi connectivity index (χ4n) is 1.74. The molecule has 0 saturated carbocycles. The van der Waals surface area contributed by atoms with Gasteiger partial charge in [0.1, 0.15) is 0 Å². The lowest BCUT2D eigenvalue weighted by molar-refractivity contribution is 0.560. The van der Waals surface area contributed by atoms with Crippen LogP contribution in [0.4, 0.5) is 5.69 Å². The second-order valence-electron chi connectivity index (χ2n) is 4.88. The van der Waals surface area contributed by atoms with Crippen molar-refractivity contribution in [3.8, 4) is 0 Å². The molecule has 2 rings (SSSR count). The number of anilines is 1. The monoisotopic (exact) mass is 291 g/mol. The quantitative estimate of drug-likeness (QED) is 0.834.